The summed E-state index contributed by atoms with van der Waals surface area (Å²) >= 11 is 0. The molecule has 38 heavy (non-hydrogen) atoms. The van der Waals surface area contributed by atoms with Crippen molar-refractivity contribution in [2.75, 3.05) is 19.0 Å². The Hall–Kier alpha value is -4.45. The van der Waals surface area contributed by atoms with E-state index in [9.17, 15) is 5.11 Å². The number of phenolic OH excluding ortho intramolecular Hbond substituents is 1. The topological polar surface area (TPSA) is 101 Å². The van der Waals surface area contributed by atoms with Crippen molar-refractivity contribution in [3.63, 3.8) is 0 Å². The zero-order valence-corrected chi connectivity index (χ0v) is 21.5. The number of ether oxygens (including phenoxy) is 2. The van der Waals surface area contributed by atoms with Gasteiger partial charge in [0.05, 0.1) is 19.8 Å². The summed E-state index contributed by atoms with van der Waals surface area (Å²) in [7, 11) is 1.58. The molecule has 4 aromatic rings. The van der Waals surface area contributed by atoms with Crippen molar-refractivity contribution in [1.29, 1.82) is 5.41 Å². The number of hydrogen-bond donors (Lipinski definition) is 4. The van der Waals surface area contributed by atoms with E-state index in [0.717, 1.165) is 45.7 Å². The second-order valence-corrected chi connectivity index (χ2v) is 9.92. The van der Waals surface area contributed by atoms with Crippen LogP contribution < -0.4 is 20.5 Å². The number of nitrogen functional groups attached to an aromatic ring is 1. The molecule has 0 radical (unpaired) electrons. The highest BCUT2D eigenvalue weighted by Gasteiger charge is 2.44. The third-order valence-electron chi connectivity index (χ3n) is 7.87. The summed E-state index contributed by atoms with van der Waals surface area (Å²) in [6.07, 6.45) is 0.901. The second-order valence-electron chi connectivity index (χ2n) is 9.92. The molecule has 6 heteroatoms. The fraction of sp³-hybridized carbons (Fsp3) is 0.219. The zero-order valence-electron chi connectivity index (χ0n) is 21.5. The highest BCUT2D eigenvalue weighted by Crippen LogP contribution is 2.56. The normalized spacial score (nSPS) is 19.1. The minimum atomic E-state index is -0.0674. The SMILES string of the molecule is CCOc1ccccc1-c1cc(O)c(OC)cc1C1Nc2ccc(C(=N)N)cc2C2c3ccccc3CC12. The third kappa shape index (κ3) is 3.84. The number of phenols is 1. The van der Waals surface area contributed by atoms with Gasteiger partial charge in [-0.2, -0.15) is 0 Å². The van der Waals surface area contributed by atoms with Crippen molar-refractivity contribution in [3.8, 4) is 28.4 Å². The summed E-state index contributed by atoms with van der Waals surface area (Å²) in [5.74, 6) is 1.71. The molecule has 6 rings (SSSR count). The number of rotatable bonds is 6. The largest absolute Gasteiger partial charge is 0.504 e. The number of aromatic hydroxyl groups is 1. The number of fused-ring (bicyclic) bond motifs is 5. The molecule has 0 fully saturated rings. The molecule has 0 saturated heterocycles. The van der Waals surface area contributed by atoms with Crippen molar-refractivity contribution < 1.29 is 14.6 Å². The summed E-state index contributed by atoms with van der Waals surface area (Å²) in [6.45, 7) is 2.51. The van der Waals surface area contributed by atoms with Crippen molar-refractivity contribution in [2.45, 2.75) is 25.3 Å². The molecule has 5 N–H and O–H groups in total. The maximum absolute atomic E-state index is 10.8. The molecule has 1 aliphatic heterocycles. The first-order valence-electron chi connectivity index (χ1n) is 13.0. The van der Waals surface area contributed by atoms with Gasteiger partial charge in [-0.1, -0.05) is 42.5 Å². The Morgan fingerprint density at radius 1 is 0.947 bits per heavy atom. The van der Waals surface area contributed by atoms with Crippen molar-refractivity contribution in [2.24, 2.45) is 11.7 Å². The molecule has 0 spiro atoms. The summed E-state index contributed by atoms with van der Waals surface area (Å²) in [5, 5.41) is 22.7. The quantitative estimate of drug-likeness (QED) is 0.184. The smallest absolute Gasteiger partial charge is 0.160 e. The van der Waals surface area contributed by atoms with Crippen LogP contribution in [0, 0.1) is 11.3 Å². The van der Waals surface area contributed by atoms with Crippen molar-refractivity contribution in [3.05, 3.63) is 107 Å². The standard InChI is InChI=1S/C32H31N3O3/c1-3-38-28-11-7-6-10-21(28)22-16-27(36)29(37-2)17-23(22)31-25-14-18-8-4-5-9-20(18)30(25)24-15-19(32(33)34)12-13-26(24)35-31/h4-13,15-17,25,30-31,35-36H,3,14H2,1-2H3,(H3,33,34). The second kappa shape index (κ2) is 9.45. The summed E-state index contributed by atoms with van der Waals surface area (Å²) in [5.41, 5.74) is 14.3. The van der Waals surface area contributed by atoms with Crippen LogP contribution in [0.2, 0.25) is 0 Å². The Balaban J connectivity index is 1.57. The summed E-state index contributed by atoms with van der Waals surface area (Å²) in [6, 6.07) is 26.2. The highest BCUT2D eigenvalue weighted by molar-refractivity contribution is 5.96. The van der Waals surface area contributed by atoms with Crippen LogP contribution in [0.15, 0.2) is 78.9 Å². The van der Waals surface area contributed by atoms with Crippen LogP contribution in [0.25, 0.3) is 11.1 Å². The lowest BCUT2D eigenvalue weighted by atomic mass is 9.74. The molecule has 0 saturated carbocycles. The molecule has 192 valence electrons. The molecular formula is C32H31N3O3. The van der Waals surface area contributed by atoms with Crippen LogP contribution in [0.4, 0.5) is 5.69 Å². The number of benzene rings is 4. The molecule has 4 aromatic carbocycles. The van der Waals surface area contributed by atoms with Gasteiger partial charge in [0.25, 0.3) is 0 Å². The highest BCUT2D eigenvalue weighted by atomic mass is 16.5. The van der Waals surface area contributed by atoms with Gasteiger partial charge in [0, 0.05) is 22.7 Å². The number of anilines is 1. The van der Waals surface area contributed by atoms with Crippen LogP contribution in [0.3, 0.4) is 0 Å². The first-order chi connectivity index (χ1) is 18.5. The lowest BCUT2D eigenvalue weighted by molar-refractivity contribution is 0.341. The molecule has 3 unspecified atom stereocenters. The van der Waals surface area contributed by atoms with Crippen LogP contribution in [0.1, 0.15) is 46.7 Å². The number of methoxy groups -OCH3 is 1. The molecule has 6 nitrogen and oxygen atoms in total. The Morgan fingerprint density at radius 2 is 1.74 bits per heavy atom. The lowest BCUT2D eigenvalue weighted by Gasteiger charge is -2.39. The van der Waals surface area contributed by atoms with E-state index in [1.165, 1.54) is 11.1 Å². The molecular weight excluding hydrogens is 474 g/mol. The molecule has 3 atom stereocenters. The van der Waals surface area contributed by atoms with E-state index in [1.807, 2.05) is 49.4 Å². The van der Waals surface area contributed by atoms with Crippen molar-refractivity contribution >= 4 is 11.5 Å². The minimum Gasteiger partial charge on any atom is -0.504 e. The summed E-state index contributed by atoms with van der Waals surface area (Å²) < 4.78 is 11.6. The molecule has 0 aromatic heterocycles. The van der Waals surface area contributed by atoms with E-state index >= 15 is 0 Å². The van der Waals surface area contributed by atoms with Gasteiger partial charge in [-0.25, -0.2) is 0 Å². The number of nitrogens with two attached hydrogens (primary N) is 1. The van der Waals surface area contributed by atoms with Gasteiger partial charge in [0.15, 0.2) is 11.5 Å². The van der Waals surface area contributed by atoms with E-state index in [4.69, 9.17) is 20.6 Å². The van der Waals surface area contributed by atoms with Crippen LogP contribution in [-0.2, 0) is 6.42 Å². The van der Waals surface area contributed by atoms with E-state index < -0.39 is 0 Å². The first-order valence-corrected chi connectivity index (χ1v) is 13.0. The Bertz CT molecular complexity index is 1550. The van der Waals surface area contributed by atoms with Gasteiger partial charge in [-0.15, -0.1) is 0 Å². The predicted octanol–water partition coefficient (Wildman–Crippen LogP) is 6.22. The van der Waals surface area contributed by atoms with Gasteiger partial charge in [0.1, 0.15) is 11.6 Å². The van der Waals surface area contributed by atoms with Gasteiger partial charge in [-0.05, 0) is 83.5 Å². The lowest BCUT2D eigenvalue weighted by Crippen LogP contribution is -2.31. The molecule has 1 heterocycles. The average molecular weight is 506 g/mol. The monoisotopic (exact) mass is 505 g/mol. The van der Waals surface area contributed by atoms with Crippen molar-refractivity contribution in [1.82, 2.24) is 0 Å². The average Bonchev–Trinajstić information content (AvgIpc) is 3.33. The van der Waals surface area contributed by atoms with Crippen LogP contribution in [0.5, 0.6) is 17.2 Å². The Kier molecular flexibility index (Phi) is 5.95. The molecule has 0 bridgehead atoms. The number of hydrogen-bond acceptors (Lipinski definition) is 5. The summed E-state index contributed by atoms with van der Waals surface area (Å²) in [4.78, 5) is 0. The van der Waals surface area contributed by atoms with E-state index in [-0.39, 0.29) is 29.5 Å². The number of para-hydroxylation sites is 1. The zero-order chi connectivity index (χ0) is 26.4. The van der Waals surface area contributed by atoms with E-state index in [0.29, 0.717) is 12.4 Å². The van der Waals surface area contributed by atoms with Crippen LogP contribution >= 0.6 is 0 Å². The van der Waals surface area contributed by atoms with Gasteiger partial charge in [-0.3, -0.25) is 5.41 Å². The van der Waals surface area contributed by atoms with Gasteiger partial charge in [0.2, 0.25) is 0 Å². The van der Waals surface area contributed by atoms with E-state index in [2.05, 4.69) is 35.6 Å². The number of nitrogens with one attached hydrogen (secondary N) is 2. The predicted molar refractivity (Wildman–Crippen MR) is 151 cm³/mol. The fourth-order valence-corrected chi connectivity index (χ4v) is 6.25. The first kappa shape index (κ1) is 23.9. The molecule has 2 aliphatic rings. The Morgan fingerprint density at radius 3 is 2.53 bits per heavy atom. The Labute approximate surface area is 222 Å². The van der Waals surface area contributed by atoms with E-state index in [1.54, 1.807) is 13.2 Å². The molecule has 0 amide bonds. The van der Waals surface area contributed by atoms with Crippen LogP contribution in [-0.4, -0.2) is 24.7 Å². The minimum absolute atomic E-state index is 0.0656. The van der Waals surface area contributed by atoms with Gasteiger partial charge < -0.3 is 25.6 Å². The maximum Gasteiger partial charge on any atom is 0.160 e. The molecule has 1 aliphatic carbocycles. The number of amidine groups is 1. The third-order valence-corrected chi connectivity index (χ3v) is 7.87. The fourth-order valence-electron chi connectivity index (χ4n) is 6.25. The maximum atomic E-state index is 10.8. The van der Waals surface area contributed by atoms with Gasteiger partial charge >= 0.3 is 0 Å².